The number of fused-ring (bicyclic) bond motifs is 1. The molecule has 0 bridgehead atoms. The van der Waals surface area contributed by atoms with Crippen LogP contribution in [0.5, 0.6) is 5.75 Å². The molecule has 0 unspecified atom stereocenters. The Bertz CT molecular complexity index is 1040. The molecular formula is C19H13F3O5. The van der Waals surface area contributed by atoms with Crippen molar-refractivity contribution >= 4 is 16.9 Å². The Hall–Kier alpha value is -3.29. The summed E-state index contributed by atoms with van der Waals surface area (Å²) < 4.78 is 52.8. The first-order valence-corrected chi connectivity index (χ1v) is 7.73. The molecule has 0 atom stereocenters. The number of methoxy groups -OCH3 is 1. The molecule has 0 aliphatic rings. The molecule has 2 aromatic carbocycles. The maximum atomic E-state index is 12.6. The van der Waals surface area contributed by atoms with Crippen molar-refractivity contribution in [1.82, 2.24) is 0 Å². The molecule has 0 fully saturated rings. The van der Waals surface area contributed by atoms with E-state index in [0.29, 0.717) is 16.7 Å². The fourth-order valence-corrected chi connectivity index (χ4v) is 2.39. The molecule has 1 heterocycles. The van der Waals surface area contributed by atoms with Gasteiger partial charge in [-0.2, -0.15) is 13.2 Å². The minimum absolute atomic E-state index is 0.0358. The zero-order valence-electron chi connectivity index (χ0n) is 14.0. The fourth-order valence-electron chi connectivity index (χ4n) is 2.39. The summed E-state index contributed by atoms with van der Waals surface area (Å²) >= 11 is 0. The van der Waals surface area contributed by atoms with Crippen molar-refractivity contribution in [3.63, 3.8) is 0 Å². The van der Waals surface area contributed by atoms with Crippen LogP contribution in [0.1, 0.15) is 21.5 Å². The van der Waals surface area contributed by atoms with Crippen molar-refractivity contribution in [1.29, 1.82) is 0 Å². The molecule has 0 N–H and O–H groups in total. The van der Waals surface area contributed by atoms with Gasteiger partial charge in [0.25, 0.3) is 0 Å². The van der Waals surface area contributed by atoms with E-state index in [0.717, 1.165) is 19.2 Å². The molecule has 0 saturated carbocycles. The highest BCUT2D eigenvalue weighted by Crippen LogP contribution is 2.29. The highest BCUT2D eigenvalue weighted by atomic mass is 19.4. The van der Waals surface area contributed by atoms with Gasteiger partial charge in [0.2, 0.25) is 0 Å². The first-order valence-electron chi connectivity index (χ1n) is 7.73. The standard InChI is InChI=1S/C19H13F3O5/c1-25-17(23)15-8-12-4-7-14(9-16(12)27-18(15)24)26-10-11-2-5-13(6-3-11)19(20,21)22/h2-9H,10H2,1H3. The van der Waals surface area contributed by atoms with Crippen LogP contribution in [0.4, 0.5) is 13.2 Å². The van der Waals surface area contributed by atoms with Crippen LogP contribution in [0.2, 0.25) is 0 Å². The highest BCUT2D eigenvalue weighted by molar-refractivity contribution is 5.92. The van der Waals surface area contributed by atoms with Gasteiger partial charge in [0.1, 0.15) is 23.5 Å². The summed E-state index contributed by atoms with van der Waals surface area (Å²) in [5.74, 6) is -0.440. The van der Waals surface area contributed by atoms with E-state index in [-0.39, 0.29) is 17.8 Å². The molecule has 0 radical (unpaired) electrons. The molecule has 3 aromatic rings. The van der Waals surface area contributed by atoms with Crippen molar-refractivity contribution in [2.75, 3.05) is 7.11 Å². The van der Waals surface area contributed by atoms with Crippen LogP contribution in [0.25, 0.3) is 11.0 Å². The highest BCUT2D eigenvalue weighted by Gasteiger charge is 2.29. The molecule has 0 spiro atoms. The molecule has 0 aliphatic carbocycles. The summed E-state index contributed by atoms with van der Waals surface area (Å²) in [6, 6.07) is 10.6. The van der Waals surface area contributed by atoms with Crippen LogP contribution in [0.3, 0.4) is 0 Å². The maximum absolute atomic E-state index is 12.6. The SMILES string of the molecule is COC(=O)c1cc2ccc(OCc3ccc(C(F)(F)F)cc3)cc2oc1=O. The summed E-state index contributed by atoms with van der Waals surface area (Å²) in [7, 11) is 1.16. The normalized spacial score (nSPS) is 11.4. The van der Waals surface area contributed by atoms with Crippen LogP contribution in [-0.2, 0) is 17.5 Å². The number of halogens is 3. The molecule has 140 valence electrons. The van der Waals surface area contributed by atoms with Gasteiger partial charge in [0.15, 0.2) is 0 Å². The predicted molar refractivity (Wildman–Crippen MR) is 89.6 cm³/mol. The largest absolute Gasteiger partial charge is 0.489 e. The maximum Gasteiger partial charge on any atom is 0.416 e. The second-order valence-electron chi connectivity index (χ2n) is 5.62. The van der Waals surface area contributed by atoms with E-state index in [1.54, 1.807) is 12.1 Å². The van der Waals surface area contributed by atoms with Crippen molar-refractivity contribution < 1.29 is 31.9 Å². The number of carbonyl (C=O) groups excluding carboxylic acids is 1. The van der Waals surface area contributed by atoms with Crippen LogP contribution in [0.15, 0.2) is 57.7 Å². The van der Waals surface area contributed by atoms with Gasteiger partial charge in [-0.25, -0.2) is 9.59 Å². The second kappa shape index (κ2) is 7.14. The summed E-state index contributed by atoms with van der Waals surface area (Å²) in [5, 5.41) is 0.497. The quantitative estimate of drug-likeness (QED) is 0.503. The fraction of sp³-hybridized carbons (Fsp3) is 0.158. The molecular weight excluding hydrogens is 365 g/mol. The molecule has 5 nitrogen and oxygen atoms in total. The van der Waals surface area contributed by atoms with Crippen molar-refractivity contribution in [2.45, 2.75) is 12.8 Å². The molecule has 1 aromatic heterocycles. The zero-order chi connectivity index (χ0) is 19.6. The van der Waals surface area contributed by atoms with Gasteiger partial charge in [0.05, 0.1) is 12.7 Å². The van der Waals surface area contributed by atoms with Crippen LogP contribution in [-0.4, -0.2) is 13.1 Å². The molecule has 0 saturated heterocycles. The van der Waals surface area contributed by atoms with Crippen LogP contribution >= 0.6 is 0 Å². The summed E-state index contributed by atoms with van der Waals surface area (Å²) in [4.78, 5) is 23.3. The Morgan fingerprint density at radius 1 is 1.07 bits per heavy atom. The van der Waals surface area contributed by atoms with Gasteiger partial charge in [-0.1, -0.05) is 12.1 Å². The summed E-state index contributed by atoms with van der Waals surface area (Å²) in [6.45, 7) is 0.0358. The summed E-state index contributed by atoms with van der Waals surface area (Å²) in [5.41, 5.74) is -1.04. The number of rotatable bonds is 4. The molecule has 0 aliphatic heterocycles. The lowest BCUT2D eigenvalue weighted by Crippen LogP contribution is -2.14. The van der Waals surface area contributed by atoms with Gasteiger partial charge < -0.3 is 13.9 Å². The van der Waals surface area contributed by atoms with Crippen molar-refractivity contribution in [3.8, 4) is 5.75 Å². The zero-order valence-corrected chi connectivity index (χ0v) is 14.0. The molecule has 3 rings (SSSR count). The van der Waals surface area contributed by atoms with E-state index in [1.165, 1.54) is 24.3 Å². The van der Waals surface area contributed by atoms with Crippen LogP contribution < -0.4 is 10.4 Å². The second-order valence-corrected chi connectivity index (χ2v) is 5.62. The van der Waals surface area contributed by atoms with Gasteiger partial charge in [-0.05, 0) is 35.9 Å². The number of alkyl halides is 3. The van der Waals surface area contributed by atoms with E-state index in [4.69, 9.17) is 9.15 Å². The van der Waals surface area contributed by atoms with Crippen LogP contribution in [0, 0.1) is 0 Å². The lowest BCUT2D eigenvalue weighted by Gasteiger charge is -2.09. The average molecular weight is 378 g/mol. The van der Waals surface area contributed by atoms with E-state index in [1.807, 2.05) is 0 Å². The molecule has 27 heavy (non-hydrogen) atoms. The first-order chi connectivity index (χ1) is 12.8. The Morgan fingerprint density at radius 3 is 2.41 bits per heavy atom. The Kier molecular flexibility index (Phi) is 4.89. The third kappa shape index (κ3) is 4.11. The topological polar surface area (TPSA) is 65.7 Å². The minimum atomic E-state index is -4.39. The average Bonchev–Trinajstić information content (AvgIpc) is 2.64. The smallest absolute Gasteiger partial charge is 0.416 e. The van der Waals surface area contributed by atoms with E-state index in [9.17, 15) is 22.8 Å². The number of ether oxygens (including phenoxy) is 2. The number of esters is 1. The van der Waals surface area contributed by atoms with E-state index < -0.39 is 23.3 Å². The summed E-state index contributed by atoms with van der Waals surface area (Å²) in [6.07, 6.45) is -4.39. The molecule has 8 heteroatoms. The van der Waals surface area contributed by atoms with Gasteiger partial charge in [-0.15, -0.1) is 0 Å². The third-order valence-corrected chi connectivity index (χ3v) is 3.80. The minimum Gasteiger partial charge on any atom is -0.489 e. The van der Waals surface area contributed by atoms with Crippen molar-refractivity contribution in [2.24, 2.45) is 0 Å². The number of carbonyl (C=O) groups is 1. The van der Waals surface area contributed by atoms with Gasteiger partial charge in [-0.3, -0.25) is 0 Å². The van der Waals surface area contributed by atoms with E-state index in [2.05, 4.69) is 4.74 Å². The Morgan fingerprint density at radius 2 is 1.78 bits per heavy atom. The Labute approximate surface area is 150 Å². The lowest BCUT2D eigenvalue weighted by atomic mass is 10.1. The lowest BCUT2D eigenvalue weighted by molar-refractivity contribution is -0.137. The van der Waals surface area contributed by atoms with Gasteiger partial charge in [0, 0.05) is 11.5 Å². The Balaban J connectivity index is 1.78. The number of hydrogen-bond donors (Lipinski definition) is 0. The first kappa shape index (κ1) is 18.5. The van der Waals surface area contributed by atoms with Crippen molar-refractivity contribution in [3.05, 3.63) is 75.6 Å². The number of hydrogen-bond acceptors (Lipinski definition) is 5. The van der Waals surface area contributed by atoms with E-state index >= 15 is 0 Å². The number of benzene rings is 2. The molecule has 0 amide bonds. The third-order valence-electron chi connectivity index (χ3n) is 3.80. The van der Waals surface area contributed by atoms with Gasteiger partial charge >= 0.3 is 17.8 Å². The predicted octanol–water partition coefficient (Wildman–Crippen LogP) is 4.18. The monoisotopic (exact) mass is 378 g/mol.